The zero-order chi connectivity index (χ0) is 21.8. The van der Waals surface area contributed by atoms with Crippen LogP contribution in [0.1, 0.15) is 21.5 Å². The number of aromatic nitrogens is 1. The summed E-state index contributed by atoms with van der Waals surface area (Å²) in [6, 6.07) is 16.7. The maximum Gasteiger partial charge on any atom is 0.251 e. The summed E-state index contributed by atoms with van der Waals surface area (Å²) in [6.45, 7) is 0.794. The quantitative estimate of drug-likeness (QED) is 0.545. The Kier molecular flexibility index (Phi) is 6.58. The summed E-state index contributed by atoms with van der Waals surface area (Å²) in [5.41, 5.74) is 3.21. The normalized spacial score (nSPS) is 13.0. The first kappa shape index (κ1) is 21.4. The van der Waals surface area contributed by atoms with Crippen molar-refractivity contribution in [1.82, 2.24) is 10.3 Å². The molecule has 0 unspecified atom stereocenters. The molecular formula is C23H20BrN3O3S. The smallest absolute Gasteiger partial charge is 0.251 e. The molecule has 0 aliphatic carbocycles. The molecule has 2 aromatic carbocycles. The van der Waals surface area contributed by atoms with E-state index in [1.807, 2.05) is 42.5 Å². The van der Waals surface area contributed by atoms with Gasteiger partial charge in [0.15, 0.2) is 0 Å². The molecule has 158 valence electrons. The number of pyridine rings is 1. The van der Waals surface area contributed by atoms with Gasteiger partial charge in [-0.2, -0.15) is 0 Å². The van der Waals surface area contributed by atoms with Gasteiger partial charge in [-0.05, 0) is 48.0 Å². The first-order chi connectivity index (χ1) is 15.0. The first-order valence-corrected chi connectivity index (χ1v) is 11.4. The van der Waals surface area contributed by atoms with E-state index in [1.54, 1.807) is 30.3 Å². The number of thioether (sulfide) groups is 1. The number of halogens is 1. The number of carbonyl (C=O) groups excluding carboxylic acids is 2. The van der Waals surface area contributed by atoms with Gasteiger partial charge in [-0.1, -0.05) is 39.8 Å². The van der Waals surface area contributed by atoms with Crippen LogP contribution in [0.15, 0.2) is 70.3 Å². The molecule has 0 saturated heterocycles. The van der Waals surface area contributed by atoms with Crippen molar-refractivity contribution < 1.29 is 14.3 Å². The molecule has 0 saturated carbocycles. The van der Waals surface area contributed by atoms with E-state index in [0.717, 1.165) is 32.1 Å². The molecule has 0 fully saturated rings. The summed E-state index contributed by atoms with van der Waals surface area (Å²) >= 11 is 4.90. The van der Waals surface area contributed by atoms with Crippen LogP contribution in [0.3, 0.4) is 0 Å². The van der Waals surface area contributed by atoms with E-state index in [-0.39, 0.29) is 11.8 Å². The van der Waals surface area contributed by atoms with Crippen LogP contribution in [0.25, 0.3) is 0 Å². The predicted octanol–water partition coefficient (Wildman–Crippen LogP) is 4.42. The molecule has 1 N–H and O–H groups in total. The minimum absolute atomic E-state index is 0.0512. The number of benzene rings is 2. The molecule has 1 aromatic heterocycles. The van der Waals surface area contributed by atoms with Crippen molar-refractivity contribution in [3.05, 3.63) is 82.0 Å². The van der Waals surface area contributed by atoms with Crippen LogP contribution in [-0.4, -0.2) is 29.7 Å². The minimum Gasteiger partial charge on any atom is -0.496 e. The lowest BCUT2D eigenvalue weighted by atomic mass is 10.1. The molecule has 2 amide bonds. The van der Waals surface area contributed by atoms with Crippen molar-refractivity contribution in [2.45, 2.75) is 18.1 Å². The number of hydrogen-bond acceptors (Lipinski definition) is 5. The third-order valence-electron chi connectivity index (χ3n) is 4.91. The van der Waals surface area contributed by atoms with Crippen molar-refractivity contribution in [2.75, 3.05) is 17.8 Å². The summed E-state index contributed by atoms with van der Waals surface area (Å²) in [6.07, 6.45) is 1.73. The number of carbonyl (C=O) groups is 2. The van der Waals surface area contributed by atoms with Gasteiger partial charge in [0, 0.05) is 28.3 Å². The van der Waals surface area contributed by atoms with Gasteiger partial charge in [0.05, 0.1) is 25.1 Å². The molecule has 1 aliphatic rings. The van der Waals surface area contributed by atoms with Crippen LogP contribution in [0.2, 0.25) is 0 Å². The molecule has 0 radical (unpaired) electrons. The number of nitrogens with one attached hydrogen (secondary N) is 1. The average molecular weight is 498 g/mol. The van der Waals surface area contributed by atoms with Crippen molar-refractivity contribution in [2.24, 2.45) is 0 Å². The van der Waals surface area contributed by atoms with Gasteiger partial charge in [-0.25, -0.2) is 4.98 Å². The van der Waals surface area contributed by atoms with Crippen molar-refractivity contribution in [3.63, 3.8) is 0 Å². The number of hydrogen-bond donors (Lipinski definition) is 1. The second kappa shape index (κ2) is 9.53. The molecule has 1 aliphatic heterocycles. The van der Waals surface area contributed by atoms with Gasteiger partial charge in [-0.3, -0.25) is 9.59 Å². The van der Waals surface area contributed by atoms with E-state index >= 15 is 0 Å². The Morgan fingerprint density at radius 1 is 1.23 bits per heavy atom. The molecule has 0 atom stereocenters. The third-order valence-corrected chi connectivity index (χ3v) is 6.39. The van der Waals surface area contributed by atoms with E-state index < -0.39 is 0 Å². The zero-order valence-corrected chi connectivity index (χ0v) is 19.2. The third kappa shape index (κ3) is 4.91. The minimum atomic E-state index is -0.173. The van der Waals surface area contributed by atoms with Gasteiger partial charge in [0.1, 0.15) is 10.8 Å². The lowest BCUT2D eigenvalue weighted by Crippen LogP contribution is -2.35. The Balaban J connectivity index is 1.42. The van der Waals surface area contributed by atoms with Gasteiger partial charge in [-0.15, -0.1) is 0 Å². The molecule has 8 heteroatoms. The van der Waals surface area contributed by atoms with Crippen LogP contribution in [0.5, 0.6) is 5.75 Å². The molecule has 0 spiro atoms. The van der Waals surface area contributed by atoms with Crippen LogP contribution < -0.4 is 15.0 Å². The summed E-state index contributed by atoms with van der Waals surface area (Å²) < 4.78 is 6.27. The fourth-order valence-electron chi connectivity index (χ4n) is 3.32. The van der Waals surface area contributed by atoms with E-state index in [2.05, 4.69) is 26.2 Å². The van der Waals surface area contributed by atoms with Crippen LogP contribution in [0.4, 0.5) is 5.69 Å². The second-order valence-electron chi connectivity index (χ2n) is 6.93. The number of amides is 2. The fourth-order valence-corrected chi connectivity index (χ4v) is 4.61. The highest BCUT2D eigenvalue weighted by atomic mass is 79.9. The van der Waals surface area contributed by atoms with E-state index in [9.17, 15) is 9.59 Å². The van der Waals surface area contributed by atoms with Crippen LogP contribution in [-0.2, 0) is 17.9 Å². The highest BCUT2D eigenvalue weighted by Crippen LogP contribution is 2.34. The Labute approximate surface area is 193 Å². The van der Waals surface area contributed by atoms with Crippen LogP contribution in [0, 0.1) is 0 Å². The van der Waals surface area contributed by atoms with E-state index in [1.165, 1.54) is 11.8 Å². The number of methoxy groups -OCH3 is 1. The van der Waals surface area contributed by atoms with E-state index in [4.69, 9.17) is 4.74 Å². The standard InChI is InChI=1S/C23H20BrN3O3S/c1-30-20-9-8-18(24)11-17(20)12-26-22(29)16-6-4-15(5-7-16)13-27-19-3-2-10-25-23(19)31-14-21(27)28/h2-11H,12-14H2,1H3,(H,26,29). The van der Waals surface area contributed by atoms with Gasteiger partial charge in [0.2, 0.25) is 5.91 Å². The predicted molar refractivity (Wildman–Crippen MR) is 124 cm³/mol. The zero-order valence-electron chi connectivity index (χ0n) is 16.8. The SMILES string of the molecule is COc1ccc(Br)cc1CNC(=O)c1ccc(CN2C(=O)CSc3ncccc32)cc1. The molecule has 6 nitrogen and oxygen atoms in total. The molecule has 2 heterocycles. The number of ether oxygens (including phenoxy) is 1. The molecule has 0 bridgehead atoms. The Morgan fingerprint density at radius 2 is 2.03 bits per heavy atom. The fraction of sp³-hybridized carbons (Fsp3) is 0.174. The van der Waals surface area contributed by atoms with Crippen molar-refractivity contribution >= 4 is 45.2 Å². The van der Waals surface area contributed by atoms with Gasteiger partial charge < -0.3 is 15.0 Å². The Bertz CT molecular complexity index is 1120. The first-order valence-electron chi connectivity index (χ1n) is 9.63. The highest BCUT2D eigenvalue weighted by Gasteiger charge is 2.25. The molecule has 31 heavy (non-hydrogen) atoms. The van der Waals surface area contributed by atoms with Crippen molar-refractivity contribution in [1.29, 1.82) is 0 Å². The molecule has 4 rings (SSSR count). The maximum absolute atomic E-state index is 12.6. The average Bonchev–Trinajstić information content (AvgIpc) is 2.80. The second-order valence-corrected chi connectivity index (χ2v) is 8.81. The van der Waals surface area contributed by atoms with E-state index in [0.29, 0.717) is 24.4 Å². The summed E-state index contributed by atoms with van der Waals surface area (Å²) in [7, 11) is 1.60. The van der Waals surface area contributed by atoms with Crippen LogP contribution >= 0.6 is 27.7 Å². The lowest BCUT2D eigenvalue weighted by molar-refractivity contribution is -0.116. The molecular weight excluding hydrogens is 478 g/mol. The van der Waals surface area contributed by atoms with Gasteiger partial charge in [0.25, 0.3) is 5.91 Å². The lowest BCUT2D eigenvalue weighted by Gasteiger charge is -2.28. The van der Waals surface area contributed by atoms with Crippen molar-refractivity contribution in [3.8, 4) is 5.75 Å². The Morgan fingerprint density at radius 3 is 2.81 bits per heavy atom. The summed E-state index contributed by atoms with van der Waals surface area (Å²) in [4.78, 5) is 31.1. The number of anilines is 1. The maximum atomic E-state index is 12.6. The monoisotopic (exact) mass is 497 g/mol. The number of fused-ring (bicyclic) bond motifs is 1. The summed E-state index contributed by atoms with van der Waals surface area (Å²) in [5.74, 6) is 0.977. The number of rotatable bonds is 6. The molecule has 3 aromatic rings. The highest BCUT2D eigenvalue weighted by molar-refractivity contribution is 9.10. The summed E-state index contributed by atoms with van der Waals surface area (Å²) in [5, 5.41) is 3.78. The topological polar surface area (TPSA) is 71.5 Å². The number of nitrogens with zero attached hydrogens (tertiary/aromatic N) is 2. The Hall–Kier alpha value is -2.84. The van der Waals surface area contributed by atoms with Gasteiger partial charge >= 0.3 is 0 Å². The largest absolute Gasteiger partial charge is 0.496 e.